The van der Waals surface area contributed by atoms with Crippen LogP contribution >= 0.6 is 0 Å². The number of carbonyl (C=O) groups is 1. The highest BCUT2D eigenvalue weighted by Gasteiger charge is 2.26. The van der Waals surface area contributed by atoms with Crippen LogP contribution in [0.25, 0.3) is 0 Å². The summed E-state index contributed by atoms with van der Waals surface area (Å²) in [5, 5.41) is 0. The van der Waals surface area contributed by atoms with Crippen molar-refractivity contribution >= 4 is 5.78 Å². The molecule has 0 spiro atoms. The van der Waals surface area contributed by atoms with Gasteiger partial charge in [-0.1, -0.05) is 6.42 Å². The lowest BCUT2D eigenvalue weighted by Crippen LogP contribution is -2.22. The molecule has 0 aromatic heterocycles. The van der Waals surface area contributed by atoms with Crippen molar-refractivity contribution in [3.63, 3.8) is 0 Å². The lowest BCUT2D eigenvalue weighted by Gasteiger charge is -2.23. The van der Waals surface area contributed by atoms with Crippen LogP contribution in [-0.2, 0) is 0 Å². The van der Waals surface area contributed by atoms with Gasteiger partial charge in [0.1, 0.15) is 11.6 Å². The Morgan fingerprint density at radius 3 is 2.14 bits per heavy atom. The van der Waals surface area contributed by atoms with E-state index in [1.807, 2.05) is 0 Å². The molecular formula is C11H10F2O. The Hall–Kier alpha value is -1.25. The van der Waals surface area contributed by atoms with Crippen LogP contribution in [0.15, 0.2) is 18.2 Å². The van der Waals surface area contributed by atoms with Crippen LogP contribution in [0.2, 0.25) is 0 Å². The maximum Gasteiger partial charge on any atom is 0.166 e. The monoisotopic (exact) mass is 196 g/mol. The Kier molecular flexibility index (Phi) is 2.32. The fraction of sp³-hybridized carbons (Fsp3) is 0.364. The summed E-state index contributed by atoms with van der Waals surface area (Å²) < 4.78 is 25.6. The lowest BCUT2D eigenvalue weighted by atomic mass is 9.80. The Bertz CT molecular complexity index is 349. The Morgan fingerprint density at radius 2 is 1.71 bits per heavy atom. The molecule has 0 aliphatic heterocycles. The summed E-state index contributed by atoms with van der Waals surface area (Å²) >= 11 is 0. The molecule has 0 atom stereocenters. The largest absolute Gasteiger partial charge is 0.294 e. The molecule has 1 aliphatic rings. The number of carbonyl (C=O) groups excluding carboxylic acids is 1. The smallest absolute Gasteiger partial charge is 0.166 e. The van der Waals surface area contributed by atoms with Crippen LogP contribution in [0.5, 0.6) is 0 Å². The number of rotatable bonds is 2. The molecule has 0 unspecified atom stereocenters. The van der Waals surface area contributed by atoms with Crippen LogP contribution in [0.1, 0.15) is 29.6 Å². The maximum absolute atomic E-state index is 12.8. The van der Waals surface area contributed by atoms with Crippen molar-refractivity contribution in [1.82, 2.24) is 0 Å². The number of hydrogen-bond donors (Lipinski definition) is 0. The van der Waals surface area contributed by atoms with Crippen LogP contribution in [0.3, 0.4) is 0 Å². The molecule has 1 aliphatic carbocycles. The third-order valence-electron chi connectivity index (χ3n) is 2.62. The van der Waals surface area contributed by atoms with Crippen molar-refractivity contribution < 1.29 is 13.6 Å². The highest BCUT2D eigenvalue weighted by Crippen LogP contribution is 2.30. The SMILES string of the molecule is O=C(c1cc(F)cc(F)c1)C1CCC1. The van der Waals surface area contributed by atoms with Crippen LogP contribution in [-0.4, -0.2) is 5.78 Å². The molecule has 0 radical (unpaired) electrons. The normalized spacial score (nSPS) is 16.4. The summed E-state index contributed by atoms with van der Waals surface area (Å²) in [6.45, 7) is 0. The van der Waals surface area contributed by atoms with Crippen molar-refractivity contribution in [2.45, 2.75) is 19.3 Å². The minimum Gasteiger partial charge on any atom is -0.294 e. The third-order valence-corrected chi connectivity index (χ3v) is 2.62. The van der Waals surface area contributed by atoms with Gasteiger partial charge in [0.15, 0.2) is 5.78 Å². The molecule has 1 aromatic carbocycles. The Labute approximate surface area is 80.7 Å². The second kappa shape index (κ2) is 3.48. The first-order chi connectivity index (χ1) is 6.66. The number of ketones is 1. The van der Waals surface area contributed by atoms with Gasteiger partial charge in [0.2, 0.25) is 0 Å². The summed E-state index contributed by atoms with van der Waals surface area (Å²) in [6, 6.07) is 2.98. The van der Waals surface area contributed by atoms with E-state index in [4.69, 9.17) is 0 Å². The Morgan fingerprint density at radius 1 is 1.14 bits per heavy atom. The summed E-state index contributed by atoms with van der Waals surface area (Å²) in [5.41, 5.74) is 0.159. The molecule has 0 heterocycles. The van der Waals surface area contributed by atoms with E-state index < -0.39 is 11.6 Å². The molecular weight excluding hydrogens is 186 g/mol. The maximum atomic E-state index is 12.8. The van der Waals surface area contributed by atoms with E-state index in [2.05, 4.69) is 0 Å². The molecule has 74 valence electrons. The molecule has 1 nitrogen and oxygen atoms in total. The molecule has 0 N–H and O–H groups in total. The standard InChI is InChI=1S/C11H10F2O/c12-9-4-8(5-10(13)6-9)11(14)7-2-1-3-7/h4-7H,1-3H2. The summed E-state index contributed by atoms with van der Waals surface area (Å²) in [6.07, 6.45) is 2.72. The van der Waals surface area contributed by atoms with Crippen molar-refractivity contribution in [2.24, 2.45) is 5.92 Å². The van der Waals surface area contributed by atoms with E-state index in [0.29, 0.717) is 0 Å². The van der Waals surface area contributed by atoms with Crippen molar-refractivity contribution in [2.75, 3.05) is 0 Å². The molecule has 0 bridgehead atoms. The summed E-state index contributed by atoms with van der Waals surface area (Å²) in [4.78, 5) is 11.6. The van der Waals surface area contributed by atoms with Crippen LogP contribution in [0.4, 0.5) is 8.78 Å². The van der Waals surface area contributed by atoms with Crippen molar-refractivity contribution in [1.29, 1.82) is 0 Å². The first-order valence-corrected chi connectivity index (χ1v) is 4.67. The van der Waals surface area contributed by atoms with Crippen LogP contribution < -0.4 is 0 Å². The Balaban J connectivity index is 2.26. The molecule has 1 aromatic rings. The molecule has 3 heteroatoms. The van der Waals surface area contributed by atoms with Gasteiger partial charge < -0.3 is 0 Å². The minimum absolute atomic E-state index is 0.0174. The van der Waals surface area contributed by atoms with Gasteiger partial charge in [-0.3, -0.25) is 4.79 Å². The number of hydrogen-bond acceptors (Lipinski definition) is 1. The number of benzene rings is 1. The molecule has 0 amide bonds. The molecule has 14 heavy (non-hydrogen) atoms. The average molecular weight is 196 g/mol. The quantitative estimate of drug-likeness (QED) is 0.664. The van der Waals surface area contributed by atoms with Gasteiger partial charge in [0.05, 0.1) is 0 Å². The molecule has 1 fully saturated rings. The average Bonchev–Trinajstić information content (AvgIpc) is 1.98. The van der Waals surface area contributed by atoms with E-state index in [1.54, 1.807) is 0 Å². The molecule has 0 saturated heterocycles. The van der Waals surface area contributed by atoms with Gasteiger partial charge in [-0.25, -0.2) is 8.78 Å². The molecule has 1 saturated carbocycles. The summed E-state index contributed by atoms with van der Waals surface area (Å²) in [7, 11) is 0. The summed E-state index contributed by atoms with van der Waals surface area (Å²) in [5.74, 6) is -1.52. The highest BCUT2D eigenvalue weighted by molar-refractivity contribution is 5.98. The van der Waals surface area contributed by atoms with Gasteiger partial charge >= 0.3 is 0 Å². The zero-order valence-electron chi connectivity index (χ0n) is 7.59. The zero-order valence-corrected chi connectivity index (χ0v) is 7.59. The predicted octanol–water partition coefficient (Wildman–Crippen LogP) is 2.95. The highest BCUT2D eigenvalue weighted by atomic mass is 19.1. The first kappa shape index (κ1) is 9.31. The van der Waals surface area contributed by atoms with Crippen molar-refractivity contribution in [3.8, 4) is 0 Å². The second-order valence-electron chi connectivity index (χ2n) is 3.65. The van der Waals surface area contributed by atoms with E-state index in [0.717, 1.165) is 37.5 Å². The van der Waals surface area contributed by atoms with Gasteiger partial charge in [0, 0.05) is 17.5 Å². The third kappa shape index (κ3) is 1.67. The van der Waals surface area contributed by atoms with E-state index in [9.17, 15) is 13.6 Å². The van der Waals surface area contributed by atoms with E-state index in [-0.39, 0.29) is 17.3 Å². The first-order valence-electron chi connectivity index (χ1n) is 4.67. The second-order valence-corrected chi connectivity index (χ2v) is 3.65. The van der Waals surface area contributed by atoms with E-state index in [1.165, 1.54) is 0 Å². The fourth-order valence-electron chi connectivity index (χ4n) is 1.60. The fourth-order valence-corrected chi connectivity index (χ4v) is 1.60. The van der Waals surface area contributed by atoms with E-state index >= 15 is 0 Å². The van der Waals surface area contributed by atoms with Crippen LogP contribution in [0, 0.1) is 17.6 Å². The minimum atomic E-state index is -0.687. The van der Waals surface area contributed by atoms with Gasteiger partial charge in [-0.05, 0) is 25.0 Å². The topological polar surface area (TPSA) is 17.1 Å². The van der Waals surface area contributed by atoms with Crippen molar-refractivity contribution in [3.05, 3.63) is 35.4 Å². The predicted molar refractivity (Wildman–Crippen MR) is 48.0 cm³/mol. The number of Topliss-reactive ketones (excluding diaryl/α,β-unsaturated/α-hetero) is 1. The van der Waals surface area contributed by atoms with Gasteiger partial charge in [0.25, 0.3) is 0 Å². The molecule has 2 rings (SSSR count). The van der Waals surface area contributed by atoms with Gasteiger partial charge in [-0.2, -0.15) is 0 Å². The zero-order chi connectivity index (χ0) is 10.1. The number of halogens is 2. The van der Waals surface area contributed by atoms with Gasteiger partial charge in [-0.15, -0.1) is 0 Å². The lowest BCUT2D eigenvalue weighted by molar-refractivity contribution is 0.0854.